The lowest BCUT2D eigenvalue weighted by atomic mass is 10.2. The quantitative estimate of drug-likeness (QED) is 0.599. The van der Waals surface area contributed by atoms with Crippen molar-refractivity contribution in [3.63, 3.8) is 0 Å². The Morgan fingerprint density at radius 1 is 1.15 bits per heavy atom. The maximum atomic E-state index is 12.9. The van der Waals surface area contributed by atoms with Crippen LogP contribution in [-0.4, -0.2) is 49.9 Å². The lowest BCUT2D eigenvalue weighted by molar-refractivity contribution is -0.123. The first-order valence-electron chi connectivity index (χ1n) is 8.78. The second-order valence-electron chi connectivity index (χ2n) is 6.17. The Labute approximate surface area is 157 Å². The molecule has 0 bridgehead atoms. The van der Waals surface area contributed by atoms with Gasteiger partial charge in [-0.2, -0.15) is 5.10 Å². The highest BCUT2D eigenvalue weighted by Gasteiger charge is 2.13. The number of hydrazone groups is 1. The molecule has 1 aliphatic rings. The fourth-order valence-corrected chi connectivity index (χ4v) is 2.57. The summed E-state index contributed by atoms with van der Waals surface area (Å²) in [6, 6.07) is 13.5. The SMILES string of the molecule is O=C(CN1CCOCC1)NN=Cc1ccc(OCc2ccc(F)cc2)cc1. The maximum Gasteiger partial charge on any atom is 0.254 e. The van der Waals surface area contributed by atoms with Crippen molar-refractivity contribution in [3.05, 3.63) is 65.5 Å². The summed E-state index contributed by atoms with van der Waals surface area (Å²) >= 11 is 0. The molecule has 0 saturated carbocycles. The third-order valence-corrected chi connectivity index (χ3v) is 4.07. The lowest BCUT2D eigenvalue weighted by Crippen LogP contribution is -2.42. The van der Waals surface area contributed by atoms with Crippen LogP contribution in [0.2, 0.25) is 0 Å². The average molecular weight is 371 g/mol. The first-order chi connectivity index (χ1) is 13.2. The van der Waals surface area contributed by atoms with E-state index in [4.69, 9.17) is 9.47 Å². The van der Waals surface area contributed by atoms with Crippen molar-refractivity contribution in [1.82, 2.24) is 10.3 Å². The summed E-state index contributed by atoms with van der Waals surface area (Å²) in [5, 5.41) is 3.98. The summed E-state index contributed by atoms with van der Waals surface area (Å²) in [4.78, 5) is 13.9. The number of carbonyl (C=O) groups is 1. The van der Waals surface area contributed by atoms with Crippen molar-refractivity contribution >= 4 is 12.1 Å². The van der Waals surface area contributed by atoms with E-state index >= 15 is 0 Å². The van der Waals surface area contributed by atoms with E-state index in [1.54, 1.807) is 18.3 Å². The summed E-state index contributed by atoms with van der Waals surface area (Å²) in [6.45, 7) is 3.52. The van der Waals surface area contributed by atoms with Gasteiger partial charge < -0.3 is 9.47 Å². The molecular formula is C20H22FN3O3. The molecule has 1 N–H and O–H groups in total. The second kappa shape index (κ2) is 9.80. The van der Waals surface area contributed by atoms with E-state index in [0.29, 0.717) is 32.1 Å². The van der Waals surface area contributed by atoms with Gasteiger partial charge >= 0.3 is 0 Å². The number of hydrogen-bond acceptors (Lipinski definition) is 5. The van der Waals surface area contributed by atoms with Crippen LogP contribution in [0.4, 0.5) is 4.39 Å². The number of halogens is 1. The van der Waals surface area contributed by atoms with Crippen molar-refractivity contribution in [1.29, 1.82) is 0 Å². The maximum absolute atomic E-state index is 12.9. The summed E-state index contributed by atoms with van der Waals surface area (Å²) in [5.74, 6) is 0.291. The minimum Gasteiger partial charge on any atom is -0.489 e. The monoisotopic (exact) mass is 371 g/mol. The molecule has 2 aromatic carbocycles. The molecule has 1 saturated heterocycles. The highest BCUT2D eigenvalue weighted by atomic mass is 19.1. The molecule has 0 aliphatic carbocycles. The molecule has 0 radical (unpaired) electrons. The summed E-state index contributed by atoms with van der Waals surface area (Å²) in [6.07, 6.45) is 1.58. The number of rotatable bonds is 7. The number of ether oxygens (including phenoxy) is 2. The molecular weight excluding hydrogens is 349 g/mol. The highest BCUT2D eigenvalue weighted by molar-refractivity contribution is 5.83. The lowest BCUT2D eigenvalue weighted by Gasteiger charge is -2.25. The van der Waals surface area contributed by atoms with Gasteiger partial charge in [-0.05, 0) is 47.5 Å². The summed E-state index contributed by atoms with van der Waals surface area (Å²) < 4.78 is 23.8. The van der Waals surface area contributed by atoms with E-state index < -0.39 is 0 Å². The van der Waals surface area contributed by atoms with Gasteiger partial charge in [0.25, 0.3) is 5.91 Å². The fraction of sp³-hybridized carbons (Fsp3) is 0.300. The molecule has 27 heavy (non-hydrogen) atoms. The minimum atomic E-state index is -0.264. The zero-order valence-electron chi connectivity index (χ0n) is 14.9. The number of nitrogens with zero attached hydrogens (tertiary/aromatic N) is 2. The van der Waals surface area contributed by atoms with Crippen LogP contribution in [0, 0.1) is 5.82 Å². The zero-order chi connectivity index (χ0) is 18.9. The van der Waals surface area contributed by atoms with Gasteiger partial charge in [-0.3, -0.25) is 9.69 Å². The van der Waals surface area contributed by atoms with Gasteiger partial charge in [0, 0.05) is 13.1 Å². The van der Waals surface area contributed by atoms with Gasteiger partial charge in [0.15, 0.2) is 0 Å². The second-order valence-corrected chi connectivity index (χ2v) is 6.17. The number of amides is 1. The molecule has 0 aromatic heterocycles. The van der Waals surface area contributed by atoms with Crippen LogP contribution >= 0.6 is 0 Å². The number of morpholine rings is 1. The molecule has 1 heterocycles. The topological polar surface area (TPSA) is 63.2 Å². The first kappa shape index (κ1) is 19.0. The van der Waals surface area contributed by atoms with Gasteiger partial charge in [-0.25, -0.2) is 9.82 Å². The van der Waals surface area contributed by atoms with Gasteiger partial charge in [-0.1, -0.05) is 12.1 Å². The molecule has 1 aliphatic heterocycles. The smallest absolute Gasteiger partial charge is 0.254 e. The van der Waals surface area contributed by atoms with Crippen molar-refractivity contribution in [2.45, 2.75) is 6.61 Å². The van der Waals surface area contributed by atoms with Gasteiger partial charge in [0.05, 0.1) is 26.0 Å². The standard InChI is InChI=1S/C20H22FN3O3/c21-18-5-1-17(2-6-18)15-27-19-7-3-16(4-8-19)13-22-23-20(25)14-24-9-11-26-12-10-24/h1-8,13H,9-12,14-15H2,(H,23,25). The van der Waals surface area contributed by atoms with Crippen molar-refractivity contribution in [2.75, 3.05) is 32.8 Å². The van der Waals surface area contributed by atoms with Crippen LogP contribution in [0.25, 0.3) is 0 Å². The van der Waals surface area contributed by atoms with Gasteiger partial charge in [-0.15, -0.1) is 0 Å². The Morgan fingerprint density at radius 2 is 1.85 bits per heavy atom. The van der Waals surface area contributed by atoms with Crippen LogP contribution in [-0.2, 0) is 16.1 Å². The average Bonchev–Trinajstić information content (AvgIpc) is 2.69. The third-order valence-electron chi connectivity index (χ3n) is 4.07. The van der Waals surface area contributed by atoms with Crippen LogP contribution in [0.1, 0.15) is 11.1 Å². The predicted octanol–water partition coefficient (Wildman–Crippen LogP) is 2.19. The van der Waals surface area contributed by atoms with Crippen molar-refractivity contribution in [2.24, 2.45) is 5.10 Å². The van der Waals surface area contributed by atoms with Crippen LogP contribution in [0.15, 0.2) is 53.6 Å². The summed E-state index contributed by atoms with van der Waals surface area (Å²) in [7, 11) is 0. The molecule has 1 amide bonds. The Bertz CT molecular complexity index is 757. The Balaban J connectivity index is 1.42. The largest absolute Gasteiger partial charge is 0.489 e. The Kier molecular flexibility index (Phi) is 6.90. The number of nitrogens with one attached hydrogen (secondary N) is 1. The van der Waals surface area contributed by atoms with E-state index in [-0.39, 0.29) is 11.7 Å². The predicted molar refractivity (Wildman–Crippen MR) is 100 cm³/mol. The molecule has 2 aromatic rings. The third kappa shape index (κ3) is 6.47. The van der Waals surface area contributed by atoms with Gasteiger partial charge in [0.1, 0.15) is 18.2 Å². The first-order valence-corrected chi connectivity index (χ1v) is 8.78. The van der Waals surface area contributed by atoms with E-state index in [1.165, 1.54) is 12.1 Å². The van der Waals surface area contributed by atoms with E-state index in [0.717, 1.165) is 24.2 Å². The molecule has 0 spiro atoms. The van der Waals surface area contributed by atoms with E-state index in [1.807, 2.05) is 29.2 Å². The summed E-state index contributed by atoms with van der Waals surface area (Å²) in [5.41, 5.74) is 4.27. The van der Waals surface area contributed by atoms with Crippen molar-refractivity contribution < 1.29 is 18.7 Å². The number of carbonyl (C=O) groups excluding carboxylic acids is 1. The van der Waals surface area contributed by atoms with Crippen molar-refractivity contribution in [3.8, 4) is 5.75 Å². The Morgan fingerprint density at radius 3 is 2.56 bits per heavy atom. The van der Waals surface area contributed by atoms with E-state index in [2.05, 4.69) is 10.5 Å². The molecule has 6 nitrogen and oxygen atoms in total. The molecule has 7 heteroatoms. The molecule has 142 valence electrons. The highest BCUT2D eigenvalue weighted by Crippen LogP contribution is 2.13. The van der Waals surface area contributed by atoms with Crippen LogP contribution in [0.5, 0.6) is 5.75 Å². The normalized spacial score (nSPS) is 15.0. The van der Waals surface area contributed by atoms with E-state index in [9.17, 15) is 9.18 Å². The molecule has 3 rings (SSSR count). The van der Waals surface area contributed by atoms with Gasteiger partial charge in [0.2, 0.25) is 0 Å². The molecule has 0 unspecified atom stereocenters. The number of hydrogen-bond donors (Lipinski definition) is 1. The number of benzene rings is 2. The van der Waals surface area contributed by atoms with Crippen LogP contribution < -0.4 is 10.2 Å². The fourth-order valence-electron chi connectivity index (χ4n) is 2.57. The zero-order valence-corrected chi connectivity index (χ0v) is 14.9. The van der Waals surface area contributed by atoms with Crippen LogP contribution in [0.3, 0.4) is 0 Å². The minimum absolute atomic E-state index is 0.146. The molecule has 0 atom stereocenters. The Hall–Kier alpha value is -2.77. The molecule has 1 fully saturated rings.